The third-order valence-electron chi connectivity index (χ3n) is 3.40. The monoisotopic (exact) mass is 344 g/mol. The highest BCUT2D eigenvalue weighted by Gasteiger charge is 2.12. The molecule has 2 aromatic heterocycles. The SMILES string of the molecule is Cc1nc(C)c(-c2csc(Nc3cc(C(N)=O)ccc3C)n2)s1. The summed E-state index contributed by atoms with van der Waals surface area (Å²) in [6, 6.07) is 5.34. The Morgan fingerprint density at radius 2 is 2.00 bits per heavy atom. The molecule has 0 aliphatic heterocycles. The Kier molecular flexibility index (Phi) is 4.14. The highest BCUT2D eigenvalue weighted by Crippen LogP contribution is 2.33. The van der Waals surface area contributed by atoms with E-state index in [9.17, 15) is 4.79 Å². The molecule has 3 aromatic rings. The number of thiazole rings is 2. The summed E-state index contributed by atoms with van der Waals surface area (Å²) >= 11 is 3.16. The van der Waals surface area contributed by atoms with Crippen molar-refractivity contribution in [2.75, 3.05) is 5.32 Å². The van der Waals surface area contributed by atoms with Crippen LogP contribution in [0.15, 0.2) is 23.6 Å². The first kappa shape index (κ1) is 15.6. The average molecular weight is 344 g/mol. The number of anilines is 2. The molecule has 3 N–H and O–H groups in total. The summed E-state index contributed by atoms with van der Waals surface area (Å²) in [7, 11) is 0. The topological polar surface area (TPSA) is 80.9 Å². The van der Waals surface area contributed by atoms with Gasteiger partial charge in [0, 0.05) is 16.6 Å². The number of benzene rings is 1. The highest BCUT2D eigenvalue weighted by atomic mass is 32.1. The largest absolute Gasteiger partial charge is 0.366 e. The molecule has 0 spiro atoms. The number of aryl methyl sites for hydroxylation is 3. The number of aromatic nitrogens is 2. The molecule has 0 saturated carbocycles. The molecule has 0 unspecified atom stereocenters. The number of carbonyl (C=O) groups excluding carboxylic acids is 1. The maximum absolute atomic E-state index is 11.3. The maximum Gasteiger partial charge on any atom is 0.248 e. The first-order chi connectivity index (χ1) is 10.9. The van der Waals surface area contributed by atoms with Gasteiger partial charge in [-0.2, -0.15) is 0 Å². The molecule has 0 fully saturated rings. The van der Waals surface area contributed by atoms with Gasteiger partial charge in [-0.1, -0.05) is 6.07 Å². The minimum Gasteiger partial charge on any atom is -0.366 e. The average Bonchev–Trinajstić information content (AvgIpc) is 3.07. The third-order valence-corrected chi connectivity index (χ3v) is 5.26. The lowest BCUT2D eigenvalue weighted by Gasteiger charge is -2.08. The standard InChI is InChI=1S/C16H16N4OS2/c1-8-4-5-11(15(17)21)6-12(8)19-16-20-13(7-22-16)14-9(2)18-10(3)23-14/h4-7H,1-3H3,(H2,17,21)(H,19,20). The summed E-state index contributed by atoms with van der Waals surface area (Å²) in [5.74, 6) is -0.441. The van der Waals surface area contributed by atoms with Gasteiger partial charge in [-0.25, -0.2) is 9.97 Å². The van der Waals surface area contributed by atoms with Crippen LogP contribution < -0.4 is 11.1 Å². The van der Waals surface area contributed by atoms with Gasteiger partial charge in [-0.3, -0.25) is 4.79 Å². The van der Waals surface area contributed by atoms with Crippen molar-refractivity contribution in [3.05, 3.63) is 45.4 Å². The number of hydrogen-bond acceptors (Lipinski definition) is 6. The zero-order valence-electron chi connectivity index (χ0n) is 13.0. The van der Waals surface area contributed by atoms with Crippen LogP contribution in [0.4, 0.5) is 10.8 Å². The van der Waals surface area contributed by atoms with E-state index in [-0.39, 0.29) is 0 Å². The van der Waals surface area contributed by atoms with Gasteiger partial charge in [0.25, 0.3) is 0 Å². The molecule has 0 saturated heterocycles. The molecule has 2 heterocycles. The molecule has 1 amide bonds. The summed E-state index contributed by atoms with van der Waals surface area (Å²) < 4.78 is 0. The second-order valence-corrected chi connectivity index (χ2v) is 7.27. The number of carbonyl (C=O) groups is 1. The van der Waals surface area contributed by atoms with Gasteiger partial charge < -0.3 is 11.1 Å². The molecule has 3 rings (SSSR count). The van der Waals surface area contributed by atoms with Crippen molar-refractivity contribution in [1.29, 1.82) is 0 Å². The predicted molar refractivity (Wildman–Crippen MR) is 95.7 cm³/mol. The fraction of sp³-hybridized carbons (Fsp3) is 0.188. The van der Waals surface area contributed by atoms with Gasteiger partial charge in [0.1, 0.15) is 0 Å². The van der Waals surface area contributed by atoms with Crippen molar-refractivity contribution < 1.29 is 4.79 Å². The van der Waals surface area contributed by atoms with E-state index in [1.165, 1.54) is 11.3 Å². The van der Waals surface area contributed by atoms with E-state index in [0.29, 0.717) is 5.56 Å². The predicted octanol–water partition coefficient (Wildman–Crippen LogP) is 4.03. The second kappa shape index (κ2) is 6.10. The first-order valence-electron chi connectivity index (χ1n) is 7.01. The van der Waals surface area contributed by atoms with Crippen molar-refractivity contribution in [3.8, 4) is 10.6 Å². The summed E-state index contributed by atoms with van der Waals surface area (Å²) in [6.07, 6.45) is 0. The highest BCUT2D eigenvalue weighted by molar-refractivity contribution is 7.16. The lowest BCUT2D eigenvalue weighted by molar-refractivity contribution is 0.100. The summed E-state index contributed by atoms with van der Waals surface area (Å²) in [5.41, 5.74) is 9.59. The quantitative estimate of drug-likeness (QED) is 0.748. The first-order valence-corrected chi connectivity index (χ1v) is 8.71. The van der Waals surface area contributed by atoms with Crippen molar-refractivity contribution in [3.63, 3.8) is 0 Å². The van der Waals surface area contributed by atoms with Crippen LogP contribution >= 0.6 is 22.7 Å². The zero-order chi connectivity index (χ0) is 16.6. The van der Waals surface area contributed by atoms with Crippen LogP contribution in [-0.2, 0) is 0 Å². The van der Waals surface area contributed by atoms with E-state index in [4.69, 9.17) is 5.73 Å². The fourth-order valence-corrected chi connectivity index (χ4v) is 3.90. The summed E-state index contributed by atoms with van der Waals surface area (Å²) in [6.45, 7) is 5.95. The molecular formula is C16H16N4OS2. The molecule has 5 nitrogen and oxygen atoms in total. The van der Waals surface area contributed by atoms with E-state index in [2.05, 4.69) is 15.3 Å². The second-order valence-electron chi connectivity index (χ2n) is 5.20. The van der Waals surface area contributed by atoms with Crippen LogP contribution in [-0.4, -0.2) is 15.9 Å². The Balaban J connectivity index is 1.89. The van der Waals surface area contributed by atoms with Crippen LogP contribution in [0.25, 0.3) is 10.6 Å². The van der Waals surface area contributed by atoms with Crippen molar-refractivity contribution >= 4 is 39.4 Å². The van der Waals surface area contributed by atoms with Gasteiger partial charge in [0.2, 0.25) is 5.91 Å². The smallest absolute Gasteiger partial charge is 0.248 e. The Labute approximate surface area is 142 Å². The number of hydrogen-bond donors (Lipinski definition) is 2. The molecule has 1 aromatic carbocycles. The maximum atomic E-state index is 11.3. The number of nitrogens with two attached hydrogens (primary N) is 1. The minimum atomic E-state index is -0.441. The van der Waals surface area contributed by atoms with E-state index in [1.807, 2.05) is 32.2 Å². The molecular weight excluding hydrogens is 328 g/mol. The van der Waals surface area contributed by atoms with E-state index < -0.39 is 5.91 Å². The Hall–Kier alpha value is -2.25. The molecule has 0 aliphatic carbocycles. The Bertz CT molecular complexity index is 882. The Morgan fingerprint density at radius 3 is 2.65 bits per heavy atom. The lowest BCUT2D eigenvalue weighted by atomic mass is 10.1. The fourth-order valence-electron chi connectivity index (χ4n) is 2.23. The van der Waals surface area contributed by atoms with Gasteiger partial charge >= 0.3 is 0 Å². The van der Waals surface area contributed by atoms with E-state index in [0.717, 1.165) is 37.7 Å². The van der Waals surface area contributed by atoms with Gasteiger partial charge in [0.15, 0.2) is 5.13 Å². The molecule has 118 valence electrons. The van der Waals surface area contributed by atoms with Gasteiger partial charge in [-0.15, -0.1) is 22.7 Å². The van der Waals surface area contributed by atoms with Crippen LogP contribution in [0.3, 0.4) is 0 Å². The van der Waals surface area contributed by atoms with Crippen molar-refractivity contribution in [2.45, 2.75) is 20.8 Å². The minimum absolute atomic E-state index is 0.441. The summed E-state index contributed by atoms with van der Waals surface area (Å²) in [4.78, 5) is 21.5. The molecule has 0 atom stereocenters. The van der Waals surface area contributed by atoms with Crippen molar-refractivity contribution in [2.24, 2.45) is 5.73 Å². The molecule has 0 bridgehead atoms. The van der Waals surface area contributed by atoms with Gasteiger partial charge in [0.05, 0.1) is 21.3 Å². The van der Waals surface area contributed by atoms with Crippen LogP contribution in [0.5, 0.6) is 0 Å². The zero-order valence-corrected chi connectivity index (χ0v) is 14.6. The number of nitrogens with zero attached hydrogens (tertiary/aromatic N) is 2. The summed E-state index contributed by atoms with van der Waals surface area (Å²) in [5, 5.41) is 7.08. The van der Waals surface area contributed by atoms with Crippen LogP contribution in [0.1, 0.15) is 26.6 Å². The molecule has 23 heavy (non-hydrogen) atoms. The Morgan fingerprint density at radius 1 is 1.22 bits per heavy atom. The molecule has 0 radical (unpaired) electrons. The molecule has 7 heteroatoms. The van der Waals surface area contributed by atoms with E-state index in [1.54, 1.807) is 23.5 Å². The number of primary amides is 1. The number of rotatable bonds is 4. The van der Waals surface area contributed by atoms with Gasteiger partial charge in [-0.05, 0) is 38.5 Å². The third kappa shape index (κ3) is 3.25. The van der Waals surface area contributed by atoms with Crippen LogP contribution in [0, 0.1) is 20.8 Å². The van der Waals surface area contributed by atoms with Crippen LogP contribution in [0.2, 0.25) is 0 Å². The lowest BCUT2D eigenvalue weighted by Crippen LogP contribution is -2.11. The van der Waals surface area contributed by atoms with Crippen molar-refractivity contribution in [1.82, 2.24) is 9.97 Å². The normalized spacial score (nSPS) is 10.7. The molecule has 0 aliphatic rings. The van der Waals surface area contributed by atoms with E-state index >= 15 is 0 Å². The number of amides is 1. The number of nitrogens with one attached hydrogen (secondary N) is 1.